The Labute approximate surface area is 285 Å². The van der Waals surface area contributed by atoms with Crippen molar-refractivity contribution in [2.24, 2.45) is 11.5 Å². The zero-order valence-corrected chi connectivity index (χ0v) is 27.3. The van der Waals surface area contributed by atoms with Crippen molar-refractivity contribution in [1.82, 2.24) is 14.5 Å². The van der Waals surface area contributed by atoms with Crippen molar-refractivity contribution < 1.29 is 9.18 Å². The number of rotatable bonds is 12. The Morgan fingerprint density at radius 1 is 0.792 bits per heavy atom. The second-order valence-corrected chi connectivity index (χ2v) is 12.3. The minimum Gasteiger partial charge on any atom is -0.384 e. The summed E-state index contributed by atoms with van der Waals surface area (Å²) in [5.41, 5.74) is 18.7. The second-order valence-electron chi connectivity index (χ2n) is 11.8. The van der Waals surface area contributed by atoms with Crippen LogP contribution >= 0.6 is 12.6 Å². The predicted molar refractivity (Wildman–Crippen MR) is 192 cm³/mol. The smallest absolute Gasteiger partial charge is 0.254 e. The van der Waals surface area contributed by atoms with Crippen molar-refractivity contribution in [1.29, 1.82) is 5.41 Å². The first-order valence-corrected chi connectivity index (χ1v) is 16.2. The summed E-state index contributed by atoms with van der Waals surface area (Å²) < 4.78 is 17.0. The van der Waals surface area contributed by atoms with Crippen LogP contribution in [0.3, 0.4) is 0 Å². The molecule has 0 saturated carbocycles. The standard InChI is InChI=1S/C39H37FN6OS/c40-33-7-3-1-5-31(33)24-45(23-28-11-9-27(22-41)10-12-28)39(47)30-18-19-35-34(21-30)44-37(46(35)25-32-6-2-4-8-36(32)48)20-15-26-13-16-29(17-14-26)38(42)43/h1-14,16-19,21,48H,15,20,22-25,41H2,(H3,42,43). The maximum Gasteiger partial charge on any atom is 0.254 e. The van der Waals surface area contributed by atoms with Crippen LogP contribution in [0.15, 0.2) is 120 Å². The monoisotopic (exact) mass is 656 g/mol. The Bertz CT molecular complexity index is 2070. The van der Waals surface area contributed by atoms with Gasteiger partial charge in [-0.1, -0.05) is 84.9 Å². The van der Waals surface area contributed by atoms with E-state index in [9.17, 15) is 9.18 Å². The molecular weight excluding hydrogens is 620 g/mol. The average Bonchev–Trinajstić information content (AvgIpc) is 3.45. The molecule has 0 aliphatic rings. The fourth-order valence-electron chi connectivity index (χ4n) is 5.82. The molecule has 1 aromatic heterocycles. The van der Waals surface area contributed by atoms with Gasteiger partial charge in [-0.15, -0.1) is 12.6 Å². The Balaban J connectivity index is 1.34. The summed E-state index contributed by atoms with van der Waals surface area (Å²) in [4.78, 5) is 21.8. The van der Waals surface area contributed by atoms with E-state index in [4.69, 9.17) is 34.5 Å². The van der Waals surface area contributed by atoms with Crippen molar-refractivity contribution >= 4 is 35.4 Å². The highest BCUT2D eigenvalue weighted by Gasteiger charge is 2.21. The zero-order chi connectivity index (χ0) is 33.6. The number of aryl methyl sites for hydroxylation is 2. The Morgan fingerprint density at radius 2 is 1.44 bits per heavy atom. The van der Waals surface area contributed by atoms with Crippen LogP contribution in [0.1, 0.15) is 49.6 Å². The van der Waals surface area contributed by atoms with Gasteiger partial charge in [0.15, 0.2) is 0 Å². The van der Waals surface area contributed by atoms with Gasteiger partial charge in [0.2, 0.25) is 0 Å². The lowest BCUT2D eigenvalue weighted by Gasteiger charge is -2.24. The van der Waals surface area contributed by atoms with Gasteiger partial charge < -0.3 is 20.9 Å². The van der Waals surface area contributed by atoms with Crippen LogP contribution in [0.25, 0.3) is 11.0 Å². The van der Waals surface area contributed by atoms with Crippen molar-refractivity contribution in [3.8, 4) is 0 Å². The lowest BCUT2D eigenvalue weighted by atomic mass is 10.1. The molecule has 0 bridgehead atoms. The molecule has 48 heavy (non-hydrogen) atoms. The van der Waals surface area contributed by atoms with Crippen LogP contribution < -0.4 is 11.5 Å². The molecule has 1 amide bonds. The van der Waals surface area contributed by atoms with Gasteiger partial charge in [-0.05, 0) is 59.0 Å². The topological polar surface area (TPSA) is 114 Å². The molecule has 0 unspecified atom stereocenters. The highest BCUT2D eigenvalue weighted by Crippen LogP contribution is 2.25. The molecule has 5 aromatic carbocycles. The summed E-state index contributed by atoms with van der Waals surface area (Å²) >= 11 is 4.69. The molecule has 0 radical (unpaired) electrons. The van der Waals surface area contributed by atoms with Crippen LogP contribution in [0.5, 0.6) is 0 Å². The lowest BCUT2D eigenvalue weighted by molar-refractivity contribution is 0.0728. The number of carbonyl (C=O) groups is 1. The summed E-state index contributed by atoms with van der Waals surface area (Å²) in [7, 11) is 0. The number of halogens is 1. The number of nitrogens with two attached hydrogens (primary N) is 2. The van der Waals surface area contributed by atoms with Crippen LogP contribution in [-0.2, 0) is 39.0 Å². The molecule has 0 saturated heterocycles. The van der Waals surface area contributed by atoms with Gasteiger partial charge >= 0.3 is 0 Å². The molecule has 9 heteroatoms. The molecule has 0 fully saturated rings. The second kappa shape index (κ2) is 14.7. The number of nitrogens with one attached hydrogen (secondary N) is 1. The number of imidazole rings is 1. The molecule has 7 nitrogen and oxygen atoms in total. The van der Waals surface area contributed by atoms with Gasteiger partial charge in [0.25, 0.3) is 5.91 Å². The van der Waals surface area contributed by atoms with Gasteiger partial charge in [0.05, 0.1) is 17.6 Å². The summed E-state index contributed by atoms with van der Waals surface area (Å²) in [6.45, 7) is 1.42. The maximum absolute atomic E-state index is 14.8. The van der Waals surface area contributed by atoms with E-state index in [1.165, 1.54) is 6.07 Å². The van der Waals surface area contributed by atoms with E-state index in [2.05, 4.69) is 10.6 Å². The highest BCUT2D eigenvalue weighted by molar-refractivity contribution is 7.80. The maximum atomic E-state index is 14.8. The average molecular weight is 657 g/mol. The Kier molecular flexibility index (Phi) is 9.99. The van der Waals surface area contributed by atoms with E-state index in [1.807, 2.05) is 84.9 Å². The van der Waals surface area contributed by atoms with Gasteiger partial charge in [0.1, 0.15) is 17.5 Å². The summed E-state index contributed by atoms with van der Waals surface area (Å²) in [5.74, 6) is 0.347. The van der Waals surface area contributed by atoms with Crippen molar-refractivity contribution in [2.45, 2.75) is 43.9 Å². The SMILES string of the molecule is N=C(N)c1ccc(CCc2nc3cc(C(=O)N(Cc4ccc(CN)cc4)Cc4ccccc4F)ccc3n2Cc2ccccc2S)cc1. The van der Waals surface area contributed by atoms with E-state index in [-0.39, 0.29) is 24.1 Å². The van der Waals surface area contributed by atoms with Crippen molar-refractivity contribution in [3.05, 3.63) is 166 Å². The number of fused-ring (bicyclic) bond motifs is 1. The number of hydrogen-bond acceptors (Lipinski definition) is 5. The summed E-state index contributed by atoms with van der Waals surface area (Å²) in [5, 5.41) is 7.68. The molecule has 0 aliphatic carbocycles. The first-order chi connectivity index (χ1) is 23.3. The highest BCUT2D eigenvalue weighted by atomic mass is 32.1. The third kappa shape index (κ3) is 7.48. The molecule has 6 rings (SSSR count). The van der Waals surface area contributed by atoms with Crippen LogP contribution in [0.2, 0.25) is 0 Å². The van der Waals surface area contributed by atoms with Gasteiger partial charge in [0, 0.05) is 47.6 Å². The molecule has 6 aromatic rings. The number of nitrogens with zero attached hydrogens (tertiary/aromatic N) is 3. The van der Waals surface area contributed by atoms with Crippen LogP contribution in [-0.4, -0.2) is 26.2 Å². The number of carbonyl (C=O) groups excluding carboxylic acids is 1. The number of amidine groups is 1. The van der Waals surface area contributed by atoms with Crippen LogP contribution in [0, 0.1) is 11.2 Å². The minimum absolute atomic E-state index is 0.0380. The molecule has 1 heterocycles. The number of amides is 1. The fraction of sp³-hybridized carbons (Fsp3) is 0.154. The van der Waals surface area contributed by atoms with Gasteiger partial charge in [-0.3, -0.25) is 10.2 Å². The van der Waals surface area contributed by atoms with Crippen LogP contribution in [0.4, 0.5) is 4.39 Å². The van der Waals surface area contributed by atoms with E-state index < -0.39 is 0 Å². The molecule has 242 valence electrons. The van der Waals surface area contributed by atoms with E-state index >= 15 is 0 Å². The number of thiol groups is 1. The molecule has 0 spiro atoms. The fourth-order valence-corrected chi connectivity index (χ4v) is 6.05. The molecular formula is C39H37FN6OS. The zero-order valence-electron chi connectivity index (χ0n) is 26.4. The minimum atomic E-state index is -0.354. The van der Waals surface area contributed by atoms with E-state index in [0.717, 1.165) is 44.9 Å². The Hall–Kier alpha value is -5.25. The number of aromatic nitrogens is 2. The van der Waals surface area contributed by atoms with E-state index in [1.54, 1.807) is 23.1 Å². The van der Waals surface area contributed by atoms with Crippen molar-refractivity contribution in [3.63, 3.8) is 0 Å². The number of nitrogen functional groups attached to an aromatic ring is 1. The lowest BCUT2D eigenvalue weighted by Crippen LogP contribution is -2.30. The number of hydrogen-bond donors (Lipinski definition) is 4. The van der Waals surface area contributed by atoms with Crippen molar-refractivity contribution in [2.75, 3.05) is 0 Å². The summed E-state index contributed by atoms with van der Waals surface area (Å²) in [6, 6.07) is 35.6. The predicted octanol–water partition coefficient (Wildman–Crippen LogP) is 6.88. The third-order valence-electron chi connectivity index (χ3n) is 8.53. The molecule has 0 atom stereocenters. The molecule has 0 aliphatic heterocycles. The van der Waals surface area contributed by atoms with Gasteiger partial charge in [-0.2, -0.15) is 0 Å². The van der Waals surface area contributed by atoms with E-state index in [0.29, 0.717) is 48.3 Å². The first-order valence-electron chi connectivity index (χ1n) is 15.8. The molecule has 5 N–H and O–H groups in total. The number of benzene rings is 5. The largest absolute Gasteiger partial charge is 0.384 e. The summed E-state index contributed by atoms with van der Waals surface area (Å²) in [6.07, 6.45) is 1.39. The normalized spacial score (nSPS) is 11.1. The quantitative estimate of drug-likeness (QED) is 0.0653. The Morgan fingerprint density at radius 3 is 2.12 bits per heavy atom. The third-order valence-corrected chi connectivity index (χ3v) is 8.97. The first kappa shape index (κ1) is 32.7. The van der Waals surface area contributed by atoms with Gasteiger partial charge in [-0.25, -0.2) is 9.37 Å².